The van der Waals surface area contributed by atoms with Crippen molar-refractivity contribution in [2.24, 2.45) is 0 Å². The van der Waals surface area contributed by atoms with Crippen molar-refractivity contribution in [3.8, 4) is 0 Å². The predicted molar refractivity (Wildman–Crippen MR) is 59.7 cm³/mol. The molecule has 0 unspecified atom stereocenters. The molecule has 0 bridgehead atoms. The maximum absolute atomic E-state index is 5.63. The maximum atomic E-state index is 5.63. The summed E-state index contributed by atoms with van der Waals surface area (Å²) in [5.41, 5.74) is 8.03. The van der Waals surface area contributed by atoms with Crippen LogP contribution in [0.4, 0.5) is 5.69 Å². The number of pyridine rings is 1. The van der Waals surface area contributed by atoms with Crippen molar-refractivity contribution in [1.82, 2.24) is 14.5 Å². The fraction of sp³-hybridized carbons (Fsp3) is 0.333. The highest BCUT2D eigenvalue weighted by atomic mass is 32.1. The first kappa shape index (κ1) is 9.21. The Kier molecular flexibility index (Phi) is 2.03. The predicted octanol–water partition coefficient (Wildman–Crippen LogP) is 2.26. The fourth-order valence-corrected chi connectivity index (χ4v) is 1.92. The minimum absolute atomic E-state index is 0.298. The molecule has 74 valence electrons. The van der Waals surface area contributed by atoms with E-state index in [4.69, 9.17) is 18.0 Å². The Balaban J connectivity index is 2.84. The normalized spacial score (nSPS) is 11.4. The van der Waals surface area contributed by atoms with Crippen molar-refractivity contribution in [3.63, 3.8) is 0 Å². The minimum Gasteiger partial charge on any atom is -0.397 e. The molecule has 0 fully saturated rings. The van der Waals surface area contributed by atoms with E-state index < -0.39 is 0 Å². The zero-order chi connectivity index (χ0) is 10.3. The van der Waals surface area contributed by atoms with Crippen LogP contribution >= 0.6 is 12.2 Å². The van der Waals surface area contributed by atoms with Crippen molar-refractivity contribution in [1.29, 1.82) is 0 Å². The number of aromatic nitrogens is 3. The lowest BCUT2D eigenvalue weighted by Crippen LogP contribution is -2.01. The summed E-state index contributed by atoms with van der Waals surface area (Å²) in [5.74, 6) is 0. The van der Waals surface area contributed by atoms with Crippen LogP contribution in [-0.2, 0) is 0 Å². The Bertz CT molecular complexity index is 523. The summed E-state index contributed by atoms with van der Waals surface area (Å²) < 4.78 is 2.66. The lowest BCUT2D eigenvalue weighted by molar-refractivity contribution is 0.605. The average Bonchev–Trinajstić information content (AvgIpc) is 2.39. The molecule has 2 rings (SSSR count). The number of hydrogen-bond donors (Lipinski definition) is 2. The molecular formula is C9H12N4S. The quantitative estimate of drug-likeness (QED) is 0.707. The molecule has 5 heteroatoms. The molecule has 0 atom stereocenters. The van der Waals surface area contributed by atoms with Gasteiger partial charge in [0.2, 0.25) is 0 Å². The van der Waals surface area contributed by atoms with Crippen LogP contribution in [0.15, 0.2) is 12.3 Å². The van der Waals surface area contributed by atoms with Crippen LogP contribution in [0.5, 0.6) is 0 Å². The lowest BCUT2D eigenvalue weighted by atomic mass is 10.3. The van der Waals surface area contributed by atoms with Gasteiger partial charge >= 0.3 is 0 Å². The third-order valence-corrected chi connectivity index (χ3v) is 2.39. The van der Waals surface area contributed by atoms with Crippen molar-refractivity contribution in [3.05, 3.63) is 17.0 Å². The van der Waals surface area contributed by atoms with E-state index in [-0.39, 0.29) is 0 Å². The highest BCUT2D eigenvalue weighted by molar-refractivity contribution is 7.71. The third kappa shape index (κ3) is 1.29. The highest BCUT2D eigenvalue weighted by Gasteiger charge is 2.08. The van der Waals surface area contributed by atoms with Crippen LogP contribution in [0.1, 0.15) is 19.9 Å². The molecule has 0 aliphatic heterocycles. The molecule has 0 aromatic carbocycles. The number of rotatable bonds is 1. The van der Waals surface area contributed by atoms with Crippen LogP contribution in [0.25, 0.3) is 11.2 Å². The first-order valence-corrected chi connectivity index (χ1v) is 4.86. The van der Waals surface area contributed by atoms with Gasteiger partial charge in [-0.15, -0.1) is 0 Å². The topological polar surface area (TPSA) is 59.6 Å². The smallest absolute Gasteiger partial charge is 0.179 e. The van der Waals surface area contributed by atoms with E-state index in [2.05, 4.69) is 23.8 Å². The molecule has 3 N–H and O–H groups in total. The van der Waals surface area contributed by atoms with Gasteiger partial charge in [-0.05, 0) is 32.1 Å². The van der Waals surface area contributed by atoms with Crippen molar-refractivity contribution in [2.45, 2.75) is 19.9 Å². The van der Waals surface area contributed by atoms with Crippen LogP contribution in [0.2, 0.25) is 0 Å². The van der Waals surface area contributed by atoms with Crippen LogP contribution in [0.3, 0.4) is 0 Å². The number of anilines is 1. The molecule has 0 spiro atoms. The van der Waals surface area contributed by atoms with E-state index >= 15 is 0 Å². The Morgan fingerprint density at radius 3 is 2.93 bits per heavy atom. The van der Waals surface area contributed by atoms with Gasteiger partial charge in [-0.25, -0.2) is 4.98 Å². The molecule has 2 heterocycles. The van der Waals surface area contributed by atoms with Gasteiger partial charge in [0, 0.05) is 6.04 Å². The van der Waals surface area contributed by atoms with E-state index in [1.807, 2.05) is 10.6 Å². The van der Waals surface area contributed by atoms with Gasteiger partial charge in [0.05, 0.1) is 17.4 Å². The lowest BCUT2D eigenvalue weighted by Gasteiger charge is -2.06. The van der Waals surface area contributed by atoms with E-state index in [0.717, 1.165) is 11.2 Å². The summed E-state index contributed by atoms with van der Waals surface area (Å²) in [4.78, 5) is 7.35. The zero-order valence-corrected chi connectivity index (χ0v) is 8.93. The SMILES string of the molecule is CC(C)n1c(=S)[nH]c2cc(N)cnc21. The number of nitrogens with two attached hydrogens (primary N) is 1. The molecule has 0 saturated carbocycles. The average molecular weight is 208 g/mol. The number of nitrogens with zero attached hydrogens (tertiary/aromatic N) is 2. The monoisotopic (exact) mass is 208 g/mol. The summed E-state index contributed by atoms with van der Waals surface area (Å²) in [6.07, 6.45) is 1.64. The second-order valence-electron chi connectivity index (χ2n) is 3.53. The molecule has 0 radical (unpaired) electrons. The first-order valence-electron chi connectivity index (χ1n) is 4.45. The van der Waals surface area contributed by atoms with Crippen LogP contribution in [0, 0.1) is 4.77 Å². The second kappa shape index (κ2) is 3.09. The Morgan fingerprint density at radius 2 is 2.29 bits per heavy atom. The van der Waals surface area contributed by atoms with Gasteiger partial charge in [0.15, 0.2) is 10.4 Å². The molecular weight excluding hydrogens is 196 g/mol. The number of nitrogens with one attached hydrogen (secondary N) is 1. The molecule has 2 aromatic heterocycles. The minimum atomic E-state index is 0.298. The molecule has 0 saturated heterocycles. The van der Waals surface area contributed by atoms with Gasteiger partial charge in [-0.1, -0.05) is 0 Å². The summed E-state index contributed by atoms with van der Waals surface area (Å²) in [6, 6.07) is 2.14. The van der Waals surface area contributed by atoms with Gasteiger partial charge < -0.3 is 10.7 Å². The van der Waals surface area contributed by atoms with Crippen molar-refractivity contribution in [2.75, 3.05) is 5.73 Å². The van der Waals surface area contributed by atoms with Crippen LogP contribution in [-0.4, -0.2) is 14.5 Å². The molecule has 14 heavy (non-hydrogen) atoms. The van der Waals surface area contributed by atoms with Gasteiger partial charge in [0.1, 0.15) is 0 Å². The highest BCUT2D eigenvalue weighted by Crippen LogP contribution is 2.18. The number of aromatic amines is 1. The molecule has 0 aliphatic carbocycles. The molecule has 0 aliphatic rings. The van der Waals surface area contributed by atoms with E-state index in [1.165, 1.54) is 0 Å². The third-order valence-electron chi connectivity index (χ3n) is 2.09. The van der Waals surface area contributed by atoms with Gasteiger partial charge in [-0.3, -0.25) is 4.57 Å². The van der Waals surface area contributed by atoms with Gasteiger partial charge in [0.25, 0.3) is 0 Å². The van der Waals surface area contributed by atoms with E-state index in [1.54, 1.807) is 6.20 Å². The molecule has 0 amide bonds. The van der Waals surface area contributed by atoms with E-state index in [9.17, 15) is 0 Å². The summed E-state index contributed by atoms with van der Waals surface area (Å²) in [5, 5.41) is 0. The van der Waals surface area contributed by atoms with Crippen LogP contribution < -0.4 is 5.73 Å². The molecule has 2 aromatic rings. The fourth-order valence-electron chi connectivity index (χ4n) is 1.51. The summed E-state index contributed by atoms with van der Waals surface area (Å²) >= 11 is 5.20. The maximum Gasteiger partial charge on any atom is 0.179 e. The first-order chi connectivity index (χ1) is 6.59. The Morgan fingerprint density at radius 1 is 1.57 bits per heavy atom. The Labute approximate surface area is 86.8 Å². The number of H-pyrrole nitrogens is 1. The zero-order valence-electron chi connectivity index (χ0n) is 8.11. The number of fused-ring (bicyclic) bond motifs is 1. The number of imidazole rings is 1. The van der Waals surface area contributed by atoms with E-state index in [0.29, 0.717) is 16.5 Å². The van der Waals surface area contributed by atoms with Crippen molar-refractivity contribution < 1.29 is 0 Å². The Hall–Kier alpha value is -1.36. The molecule has 4 nitrogen and oxygen atoms in total. The van der Waals surface area contributed by atoms with Crippen molar-refractivity contribution >= 4 is 29.1 Å². The number of nitrogen functional groups attached to an aromatic ring is 1. The summed E-state index contributed by atoms with van der Waals surface area (Å²) in [7, 11) is 0. The number of hydrogen-bond acceptors (Lipinski definition) is 3. The second-order valence-corrected chi connectivity index (χ2v) is 3.92. The summed E-state index contributed by atoms with van der Waals surface area (Å²) in [6.45, 7) is 4.14. The largest absolute Gasteiger partial charge is 0.397 e. The van der Waals surface area contributed by atoms with Gasteiger partial charge in [-0.2, -0.15) is 0 Å². The standard InChI is InChI=1S/C9H12N4S/c1-5(2)13-8-7(12-9(13)14)3-6(10)4-11-8/h3-5H,10H2,1-2H3,(H,12,14).